The van der Waals surface area contributed by atoms with Gasteiger partial charge in [0.05, 0.1) is 31.1 Å². The molecule has 1 aliphatic rings. The maximum absolute atomic E-state index is 14.3. The van der Waals surface area contributed by atoms with Gasteiger partial charge in [0.25, 0.3) is 0 Å². The Kier molecular flexibility index (Phi) is 26.6. The van der Waals surface area contributed by atoms with Gasteiger partial charge in [-0.2, -0.15) is 25.3 Å². The maximum Gasteiger partial charge on any atom is 0.305 e. The smallest absolute Gasteiger partial charge is 0.305 e. The lowest BCUT2D eigenvalue weighted by Gasteiger charge is -2.30. The Morgan fingerprint density at radius 2 is 0.873 bits per heavy atom. The molecule has 1 fully saturated rings. The van der Waals surface area contributed by atoms with Gasteiger partial charge in [0.15, 0.2) is 0 Å². The van der Waals surface area contributed by atoms with Gasteiger partial charge in [0.2, 0.25) is 59.1 Å². The number of rotatable bonds is 16. The van der Waals surface area contributed by atoms with Crippen LogP contribution < -0.4 is 53.2 Å². The summed E-state index contributed by atoms with van der Waals surface area (Å²) in [5, 5.41) is 75.1. The molecule has 1 aromatic heterocycles. The van der Waals surface area contributed by atoms with E-state index in [4.69, 9.17) is 0 Å². The summed E-state index contributed by atoms with van der Waals surface area (Å²) in [5.41, 5.74) is 0.602. The van der Waals surface area contributed by atoms with Gasteiger partial charge in [-0.15, -0.1) is 0 Å². The molecule has 1 aromatic carbocycles. The molecule has 3 rings (SSSR count). The van der Waals surface area contributed by atoms with Crippen LogP contribution in [0.2, 0.25) is 0 Å². The number of aromatic amines is 1. The second-order valence-corrected chi connectivity index (χ2v) is 19.8. The number of nitrogens with zero attached hydrogens (tertiary/aromatic N) is 1. The molecule has 436 valence electrons. The largest absolute Gasteiger partial charge is 0.481 e. The second-order valence-electron chi connectivity index (χ2n) is 19.1. The normalized spacial score (nSPS) is 26.4. The third-order valence-corrected chi connectivity index (χ3v) is 12.7. The summed E-state index contributed by atoms with van der Waals surface area (Å²) in [6.07, 6.45) is -6.28. The molecule has 0 saturated carbocycles. The van der Waals surface area contributed by atoms with Crippen LogP contribution in [0.1, 0.15) is 71.6 Å². The van der Waals surface area contributed by atoms with Crippen molar-refractivity contribution in [3.05, 3.63) is 54.1 Å². The van der Waals surface area contributed by atoms with E-state index >= 15 is 0 Å². The van der Waals surface area contributed by atoms with Crippen LogP contribution in [0.15, 0.2) is 42.9 Å². The Morgan fingerprint density at radius 1 is 0.494 bits per heavy atom. The van der Waals surface area contributed by atoms with Crippen LogP contribution in [0.25, 0.3) is 0 Å². The molecular weight excluding hydrogens is 1080 g/mol. The first-order valence-electron chi connectivity index (χ1n) is 24.9. The molecule has 1 saturated heterocycles. The van der Waals surface area contributed by atoms with E-state index in [9.17, 15) is 83.1 Å². The van der Waals surface area contributed by atoms with Crippen LogP contribution in [0, 0.1) is 5.92 Å². The van der Waals surface area contributed by atoms with Crippen LogP contribution in [0.3, 0.4) is 0 Å². The lowest BCUT2D eigenvalue weighted by molar-refractivity contribution is -0.142. The van der Waals surface area contributed by atoms with Crippen LogP contribution in [-0.2, 0) is 70.4 Å². The highest BCUT2D eigenvalue weighted by Gasteiger charge is 2.39. The zero-order chi connectivity index (χ0) is 59.3. The van der Waals surface area contributed by atoms with Crippen molar-refractivity contribution in [3.63, 3.8) is 0 Å². The van der Waals surface area contributed by atoms with Gasteiger partial charge in [-0.25, -0.2) is 4.98 Å². The zero-order valence-electron chi connectivity index (χ0n) is 43.8. The Hall–Kier alpha value is -7.35. The molecule has 29 nitrogen and oxygen atoms in total. The van der Waals surface area contributed by atoms with E-state index in [1.165, 1.54) is 12.5 Å². The van der Waals surface area contributed by atoms with Crippen molar-refractivity contribution in [2.24, 2.45) is 5.92 Å². The highest BCUT2D eigenvalue weighted by Crippen LogP contribution is 2.12. The van der Waals surface area contributed by atoms with E-state index in [0.29, 0.717) is 5.56 Å². The van der Waals surface area contributed by atoms with Crippen LogP contribution in [0.4, 0.5) is 0 Å². The van der Waals surface area contributed by atoms with E-state index in [-0.39, 0.29) is 24.5 Å². The molecule has 2 heterocycles. The van der Waals surface area contributed by atoms with Crippen LogP contribution in [0.5, 0.6) is 0 Å². The van der Waals surface area contributed by atoms with Crippen molar-refractivity contribution in [3.8, 4) is 0 Å². The van der Waals surface area contributed by atoms with Gasteiger partial charge in [-0.05, 0) is 45.1 Å². The number of amides is 10. The summed E-state index contributed by atoms with van der Waals surface area (Å²) in [6.45, 7) is 6.66. The van der Waals surface area contributed by atoms with Gasteiger partial charge >= 0.3 is 11.9 Å². The molecule has 79 heavy (non-hydrogen) atoms. The molecule has 13 atom stereocenters. The lowest BCUT2D eigenvalue weighted by atomic mass is 10.0. The number of aliphatic hydroxyl groups is 3. The Bertz CT molecular complexity index is 2470. The summed E-state index contributed by atoms with van der Waals surface area (Å²) < 4.78 is 0. The number of carbonyl (C=O) groups excluding carboxylic acids is 10. The minimum atomic E-state index is -2.08. The number of hydrogen-bond donors (Lipinski definition) is 18. The third-order valence-electron chi connectivity index (χ3n) is 12.0. The fourth-order valence-corrected chi connectivity index (χ4v) is 8.26. The molecule has 2 aromatic rings. The van der Waals surface area contributed by atoms with E-state index in [1.54, 1.807) is 44.2 Å². The molecule has 0 aliphatic carbocycles. The van der Waals surface area contributed by atoms with Crippen molar-refractivity contribution in [1.29, 1.82) is 0 Å². The molecule has 0 unspecified atom stereocenters. The van der Waals surface area contributed by atoms with E-state index in [1.807, 2.05) is 0 Å². The number of carbonyl (C=O) groups is 12. The van der Waals surface area contributed by atoms with Crippen LogP contribution >= 0.6 is 25.3 Å². The number of aliphatic hydroxyl groups excluding tert-OH is 3. The van der Waals surface area contributed by atoms with Crippen LogP contribution in [-0.4, -0.2) is 197 Å². The first-order chi connectivity index (χ1) is 37.1. The average molecular weight is 1150 g/mol. The minimum absolute atomic E-state index is 0.0834. The van der Waals surface area contributed by atoms with E-state index in [2.05, 4.69) is 88.4 Å². The summed E-state index contributed by atoms with van der Waals surface area (Å²) in [6, 6.07) is -9.72. The summed E-state index contributed by atoms with van der Waals surface area (Å²) in [7, 11) is 0. The number of carboxylic acids is 2. The minimum Gasteiger partial charge on any atom is -0.481 e. The standard InChI is InChI=1S/C48H70N12O17S2/c1-21(2)13-28-40(69)56-32(18-78)44(73)57-33(19-79)45(74)59-38(24(5)63)48(77)60-37(23(4)62)47(76)55-30(15-26-17-49-20-50-26)41(70)53-31(16-35(66)67)42(71)51-27(11-12-34(64)65)39(68)52-29(14-25-9-7-6-8-10-25)43(72)58-36(22(3)61)46(75)54-28/h6-10,17,20-24,27-33,36-38,61-63,78-79H,11-16,18-19H2,1-5H3,(H,49,50)(H,51,71)(H,52,68)(H,53,70)(H,54,75)(H,55,76)(H,56,69)(H,57,73)(H,58,72)(H,59,74)(H,60,77)(H,64,65)(H,66,67)/t22-,23-,24-,27+,28+,29+,30+,31+,32+,33+,36+,37+,38+/m1/s1. The molecule has 16 N–H and O–H groups in total. The quantitative estimate of drug-likeness (QED) is 0.0697. The van der Waals surface area contributed by atoms with Crippen molar-refractivity contribution in [2.45, 2.75) is 152 Å². The van der Waals surface area contributed by atoms with Crippen molar-refractivity contribution in [1.82, 2.24) is 63.1 Å². The van der Waals surface area contributed by atoms with E-state index < -0.39 is 187 Å². The predicted molar refractivity (Wildman–Crippen MR) is 283 cm³/mol. The van der Waals surface area contributed by atoms with Gasteiger partial charge < -0.3 is 83.7 Å². The number of aliphatic carboxylic acids is 2. The van der Waals surface area contributed by atoms with Gasteiger partial charge in [0.1, 0.15) is 60.4 Å². The molecule has 0 spiro atoms. The van der Waals surface area contributed by atoms with Gasteiger partial charge in [-0.3, -0.25) is 57.5 Å². The monoisotopic (exact) mass is 1150 g/mol. The Morgan fingerprint density at radius 3 is 1.34 bits per heavy atom. The fraction of sp³-hybridized carbons (Fsp3) is 0.562. The third kappa shape index (κ3) is 21.4. The highest BCUT2D eigenvalue weighted by molar-refractivity contribution is 7.80. The Labute approximate surface area is 464 Å². The number of benzene rings is 1. The molecule has 1 aliphatic heterocycles. The highest BCUT2D eigenvalue weighted by atomic mass is 32.1. The molecular formula is C48H70N12O17S2. The summed E-state index contributed by atoms with van der Waals surface area (Å²) in [4.78, 5) is 170. The number of hydrogen-bond acceptors (Lipinski definition) is 18. The SMILES string of the molecule is CC(C)C[C@@H]1NC(=O)[C@H]([C@@H](C)O)NC(=O)[C@H](Cc2ccccc2)NC(=O)[C@H](CCC(=O)O)NC(=O)[C@H](CC(=O)O)NC(=O)[C@H](Cc2cnc[nH]2)NC(=O)[C@H]([C@@H](C)O)NC(=O)[C@H]([C@@H](C)O)NC(=O)[C@H](CS)NC(=O)[C@H](CS)NC1=O. The maximum atomic E-state index is 14.3. The molecule has 10 amide bonds. The van der Waals surface area contributed by atoms with Gasteiger partial charge in [0, 0.05) is 42.7 Å². The number of imidazole rings is 1. The topological polar surface area (TPSA) is 455 Å². The van der Waals surface area contributed by atoms with Gasteiger partial charge in [-0.1, -0.05) is 44.2 Å². The second kappa shape index (κ2) is 31.9. The first kappa shape index (κ1) is 65.9. The number of thiol groups is 2. The number of nitrogens with one attached hydrogen (secondary N) is 11. The van der Waals surface area contributed by atoms with E-state index in [0.717, 1.165) is 20.8 Å². The number of carboxylic acid groups (broad SMARTS) is 2. The average Bonchev–Trinajstić information content (AvgIpc) is 3.91. The molecule has 31 heteroatoms. The first-order valence-corrected chi connectivity index (χ1v) is 26.2. The zero-order valence-corrected chi connectivity index (χ0v) is 45.5. The van der Waals surface area contributed by atoms with Crippen molar-refractivity contribution >= 4 is 96.3 Å². The Balaban J connectivity index is 2.22. The molecule has 0 bridgehead atoms. The summed E-state index contributed by atoms with van der Waals surface area (Å²) in [5.74, 6) is -16.0. The number of aromatic nitrogens is 2. The fourth-order valence-electron chi connectivity index (χ4n) is 7.75. The van der Waals surface area contributed by atoms with Crippen molar-refractivity contribution in [2.75, 3.05) is 11.5 Å². The summed E-state index contributed by atoms with van der Waals surface area (Å²) >= 11 is 8.33. The predicted octanol–water partition coefficient (Wildman–Crippen LogP) is -5.56. The molecule has 0 radical (unpaired) electrons. The number of H-pyrrole nitrogens is 1. The lowest BCUT2D eigenvalue weighted by Crippen LogP contribution is -2.64. The van der Waals surface area contributed by atoms with Crippen molar-refractivity contribution < 1.29 is 83.1 Å².